The van der Waals surface area contributed by atoms with Crippen molar-refractivity contribution in [3.8, 4) is 0 Å². The van der Waals surface area contributed by atoms with Crippen LogP contribution in [0.15, 0.2) is 23.4 Å². The lowest BCUT2D eigenvalue weighted by molar-refractivity contribution is 0.0918. The lowest BCUT2D eigenvalue weighted by Gasteiger charge is -2.05. The number of nitrogens with two attached hydrogens (primary N) is 1. The first-order chi connectivity index (χ1) is 7.20. The Morgan fingerprint density at radius 3 is 2.87 bits per heavy atom. The van der Waals surface area contributed by atoms with Crippen molar-refractivity contribution in [2.45, 2.75) is 26.4 Å². The van der Waals surface area contributed by atoms with Gasteiger partial charge >= 0.3 is 0 Å². The molecule has 0 bridgehead atoms. The van der Waals surface area contributed by atoms with Crippen LogP contribution in [0.1, 0.15) is 23.1 Å². The number of aryl methyl sites for hydroxylation is 2. The Kier molecular flexibility index (Phi) is 2.73. The molecule has 0 saturated heterocycles. The average Bonchev–Trinajstić information content (AvgIpc) is 2.66. The summed E-state index contributed by atoms with van der Waals surface area (Å²) in [7, 11) is 0. The van der Waals surface area contributed by atoms with Gasteiger partial charge in [-0.05, 0) is 19.4 Å². The van der Waals surface area contributed by atoms with Crippen LogP contribution < -0.4 is 5.73 Å². The summed E-state index contributed by atoms with van der Waals surface area (Å²) in [5, 5.41) is 4.09. The first-order valence-corrected chi connectivity index (χ1v) is 5.21. The molecule has 1 atom stereocenters. The van der Waals surface area contributed by atoms with Gasteiger partial charge in [-0.1, -0.05) is 28.9 Å². The fraction of sp³-hybridized carbons (Fsp3) is 0.417. The molecule has 1 aromatic carbocycles. The van der Waals surface area contributed by atoms with Gasteiger partial charge in [0.1, 0.15) is 6.10 Å². The molecule has 1 aromatic rings. The van der Waals surface area contributed by atoms with E-state index in [0.29, 0.717) is 6.54 Å². The van der Waals surface area contributed by atoms with Gasteiger partial charge in [-0.2, -0.15) is 0 Å². The minimum Gasteiger partial charge on any atom is -0.390 e. The second-order valence-corrected chi connectivity index (χ2v) is 4.02. The van der Waals surface area contributed by atoms with Crippen LogP contribution in [-0.4, -0.2) is 18.4 Å². The Morgan fingerprint density at radius 1 is 1.47 bits per heavy atom. The highest BCUT2D eigenvalue weighted by Crippen LogP contribution is 2.19. The van der Waals surface area contributed by atoms with E-state index < -0.39 is 0 Å². The van der Waals surface area contributed by atoms with Gasteiger partial charge in [0.05, 0.1) is 5.71 Å². The molecule has 0 radical (unpaired) electrons. The number of oxime groups is 1. The second kappa shape index (κ2) is 4.03. The monoisotopic (exact) mass is 204 g/mol. The molecule has 80 valence electrons. The van der Waals surface area contributed by atoms with Crippen molar-refractivity contribution in [2.24, 2.45) is 10.9 Å². The molecule has 1 aliphatic heterocycles. The van der Waals surface area contributed by atoms with Crippen LogP contribution in [0.3, 0.4) is 0 Å². The van der Waals surface area contributed by atoms with Crippen molar-refractivity contribution in [1.82, 2.24) is 0 Å². The van der Waals surface area contributed by atoms with Crippen molar-refractivity contribution in [3.05, 3.63) is 34.9 Å². The molecule has 3 nitrogen and oxygen atoms in total. The topological polar surface area (TPSA) is 47.6 Å². The van der Waals surface area contributed by atoms with Crippen LogP contribution in [0.25, 0.3) is 0 Å². The summed E-state index contributed by atoms with van der Waals surface area (Å²) in [4.78, 5) is 5.22. The molecule has 2 N–H and O–H groups in total. The first-order valence-electron chi connectivity index (χ1n) is 5.21. The van der Waals surface area contributed by atoms with Crippen LogP contribution >= 0.6 is 0 Å². The molecule has 0 amide bonds. The predicted octanol–water partition coefficient (Wildman–Crippen LogP) is 1.76. The number of nitrogens with zero attached hydrogens (tertiary/aromatic N) is 1. The highest BCUT2D eigenvalue weighted by atomic mass is 16.6. The van der Waals surface area contributed by atoms with E-state index in [1.165, 1.54) is 16.7 Å². The van der Waals surface area contributed by atoms with E-state index in [1.54, 1.807) is 0 Å². The van der Waals surface area contributed by atoms with Crippen molar-refractivity contribution in [1.29, 1.82) is 0 Å². The minimum atomic E-state index is 0.0562. The van der Waals surface area contributed by atoms with Gasteiger partial charge in [0.2, 0.25) is 0 Å². The molecule has 2 rings (SSSR count). The van der Waals surface area contributed by atoms with Gasteiger partial charge in [-0.15, -0.1) is 0 Å². The SMILES string of the molecule is Cc1ccc(C2=NOC(CN)C2)c(C)c1. The largest absolute Gasteiger partial charge is 0.390 e. The quantitative estimate of drug-likeness (QED) is 0.797. The summed E-state index contributed by atoms with van der Waals surface area (Å²) < 4.78 is 0. The molecule has 1 aliphatic rings. The molecule has 1 unspecified atom stereocenters. The molecular weight excluding hydrogens is 188 g/mol. The van der Waals surface area contributed by atoms with Gasteiger partial charge in [-0.25, -0.2) is 0 Å². The van der Waals surface area contributed by atoms with E-state index in [9.17, 15) is 0 Å². The number of hydrogen-bond acceptors (Lipinski definition) is 3. The fourth-order valence-corrected chi connectivity index (χ4v) is 1.85. The van der Waals surface area contributed by atoms with Gasteiger partial charge in [0.15, 0.2) is 0 Å². The summed E-state index contributed by atoms with van der Waals surface area (Å²) in [5.41, 5.74) is 10.2. The average molecular weight is 204 g/mol. The Hall–Kier alpha value is -1.35. The Labute approximate surface area is 89.9 Å². The Morgan fingerprint density at radius 2 is 2.27 bits per heavy atom. The van der Waals surface area contributed by atoms with Crippen molar-refractivity contribution in [3.63, 3.8) is 0 Å². The molecule has 0 aliphatic carbocycles. The van der Waals surface area contributed by atoms with Crippen LogP contribution in [0, 0.1) is 13.8 Å². The van der Waals surface area contributed by atoms with Gasteiger partial charge in [0.25, 0.3) is 0 Å². The minimum absolute atomic E-state index is 0.0562. The first kappa shape index (κ1) is 10.2. The standard InChI is InChI=1S/C12H16N2O/c1-8-3-4-11(9(2)5-8)12-6-10(7-13)15-14-12/h3-5,10H,6-7,13H2,1-2H3. The van der Waals surface area contributed by atoms with Crippen molar-refractivity contribution in [2.75, 3.05) is 6.54 Å². The van der Waals surface area contributed by atoms with E-state index in [4.69, 9.17) is 10.6 Å². The summed E-state index contributed by atoms with van der Waals surface area (Å²) in [5.74, 6) is 0. The fourth-order valence-electron chi connectivity index (χ4n) is 1.85. The number of rotatable bonds is 2. The summed E-state index contributed by atoms with van der Waals surface area (Å²) in [6.45, 7) is 4.71. The zero-order valence-electron chi connectivity index (χ0n) is 9.16. The molecule has 3 heteroatoms. The van der Waals surface area contributed by atoms with Crippen molar-refractivity contribution < 1.29 is 4.84 Å². The lowest BCUT2D eigenvalue weighted by atomic mass is 9.99. The molecular formula is C12H16N2O. The van der Waals surface area contributed by atoms with E-state index >= 15 is 0 Å². The number of hydrogen-bond donors (Lipinski definition) is 1. The normalized spacial score (nSPS) is 19.9. The third-order valence-corrected chi connectivity index (χ3v) is 2.69. The molecule has 0 saturated carbocycles. The van der Waals surface area contributed by atoms with Crippen LogP contribution in [-0.2, 0) is 4.84 Å². The molecule has 0 aromatic heterocycles. The van der Waals surface area contributed by atoms with E-state index in [-0.39, 0.29) is 6.10 Å². The molecule has 15 heavy (non-hydrogen) atoms. The van der Waals surface area contributed by atoms with Crippen LogP contribution in [0.4, 0.5) is 0 Å². The van der Waals surface area contributed by atoms with Crippen molar-refractivity contribution >= 4 is 5.71 Å². The third-order valence-electron chi connectivity index (χ3n) is 2.69. The maximum absolute atomic E-state index is 5.54. The second-order valence-electron chi connectivity index (χ2n) is 4.02. The zero-order chi connectivity index (χ0) is 10.8. The number of benzene rings is 1. The lowest BCUT2D eigenvalue weighted by Crippen LogP contribution is -2.20. The third kappa shape index (κ3) is 2.02. The predicted molar refractivity (Wildman–Crippen MR) is 61.0 cm³/mol. The molecule has 1 heterocycles. The summed E-state index contributed by atoms with van der Waals surface area (Å²) >= 11 is 0. The van der Waals surface area contributed by atoms with E-state index in [2.05, 4.69) is 37.2 Å². The van der Waals surface area contributed by atoms with Gasteiger partial charge < -0.3 is 10.6 Å². The highest BCUT2D eigenvalue weighted by Gasteiger charge is 2.21. The van der Waals surface area contributed by atoms with E-state index in [0.717, 1.165) is 12.1 Å². The zero-order valence-corrected chi connectivity index (χ0v) is 9.16. The Balaban J connectivity index is 2.24. The van der Waals surface area contributed by atoms with Gasteiger partial charge in [-0.3, -0.25) is 0 Å². The summed E-state index contributed by atoms with van der Waals surface area (Å²) in [6, 6.07) is 6.36. The summed E-state index contributed by atoms with van der Waals surface area (Å²) in [6.07, 6.45) is 0.876. The van der Waals surface area contributed by atoms with E-state index in [1.807, 2.05) is 0 Å². The Bertz CT molecular complexity index is 399. The maximum Gasteiger partial charge on any atom is 0.145 e. The van der Waals surface area contributed by atoms with Gasteiger partial charge in [0, 0.05) is 18.5 Å². The molecule has 0 spiro atoms. The van der Waals surface area contributed by atoms with Crippen LogP contribution in [0.5, 0.6) is 0 Å². The maximum atomic E-state index is 5.54. The smallest absolute Gasteiger partial charge is 0.145 e. The van der Waals surface area contributed by atoms with Crippen LogP contribution in [0.2, 0.25) is 0 Å². The highest BCUT2D eigenvalue weighted by molar-refractivity contribution is 6.02. The molecule has 0 fully saturated rings.